The lowest BCUT2D eigenvalue weighted by atomic mass is 9.91. The van der Waals surface area contributed by atoms with E-state index in [-0.39, 0.29) is 12.5 Å². The summed E-state index contributed by atoms with van der Waals surface area (Å²) in [6.45, 7) is 1.21. The van der Waals surface area contributed by atoms with Crippen molar-refractivity contribution < 1.29 is 27.8 Å². The number of nitrogens with one attached hydrogen (secondary N) is 3. The molecule has 1 heterocycles. The standard InChI is InChI=1S/C26H22ClF3N6O3S/c1-16(37)32-24(31)33-25(35-40(38,39)21-13-9-19(10-14-21)26(28,29)30)36-15-22(17-5-3-2-4-6-17)23(34-36)18-7-11-20(27)12-8-18/h2-14,22H,15H2,1H3,(H3,31,32,33,35,37)/t22-/m0/s1. The molecule has 1 atom stereocenters. The van der Waals surface area contributed by atoms with Gasteiger partial charge in [-0.1, -0.05) is 54.1 Å². The van der Waals surface area contributed by atoms with E-state index in [2.05, 4.69) is 25.5 Å². The quantitative estimate of drug-likeness (QED) is 0.304. The smallest absolute Gasteiger partial charge is 0.295 e. The van der Waals surface area contributed by atoms with Crippen molar-refractivity contribution in [3.63, 3.8) is 0 Å². The Hall–Kier alpha value is -4.23. The van der Waals surface area contributed by atoms with Crippen molar-refractivity contribution in [3.8, 4) is 0 Å². The van der Waals surface area contributed by atoms with Crippen LogP contribution < -0.4 is 10.0 Å². The van der Waals surface area contributed by atoms with Crippen molar-refractivity contribution in [2.75, 3.05) is 6.54 Å². The Morgan fingerprint density at radius 3 is 2.33 bits per heavy atom. The Bertz CT molecular complexity index is 1610. The predicted molar refractivity (Wildman–Crippen MR) is 145 cm³/mol. The lowest BCUT2D eigenvalue weighted by molar-refractivity contribution is -0.137. The van der Waals surface area contributed by atoms with Crippen molar-refractivity contribution in [1.29, 1.82) is 5.40 Å². The summed E-state index contributed by atoms with van der Waals surface area (Å²) in [6.07, 6.45) is -4.66. The molecule has 1 aliphatic heterocycles. The van der Waals surface area contributed by atoms with Crippen molar-refractivity contribution in [3.05, 3.63) is 101 Å². The number of nitrogens with zero attached hydrogens (tertiary/aromatic N) is 3. The number of carbonyl (C=O) groups is 1. The zero-order chi connectivity index (χ0) is 29.8. The number of aliphatic imine (C=N–C) groups is 1. The van der Waals surface area contributed by atoms with E-state index in [0.717, 1.165) is 24.6 Å². The highest BCUT2D eigenvalue weighted by Crippen LogP contribution is 2.31. The SMILES string of the molecule is [H]/N=C(/N=C(/NS(=O)(=O)c1ccc(C(F)(F)F)cc1)N1C[C@@H](c2ccccc2)C(c2ccc(Cl)cc2)=N1)NC(C)=O. The highest BCUT2D eigenvalue weighted by atomic mass is 35.5. The molecule has 3 N–H and O–H groups in total. The zero-order valence-corrected chi connectivity index (χ0v) is 22.3. The highest BCUT2D eigenvalue weighted by molar-refractivity contribution is 7.90. The number of halogens is 4. The first kappa shape index (κ1) is 27.3. The lowest BCUT2D eigenvalue weighted by Crippen LogP contribution is -2.43. The molecule has 40 heavy (non-hydrogen) atoms. The second kappa shape index (κ2) is 11.5. The lowest BCUT2D eigenvalue weighted by Gasteiger charge is -2.20. The number of hydrogen-bond donors (Lipinski definition) is 3. The van der Waals surface area contributed by atoms with Gasteiger partial charge in [0.2, 0.25) is 17.8 Å². The van der Waals surface area contributed by atoms with Gasteiger partial charge < -0.3 is 0 Å². The zero-order valence-electron chi connectivity index (χ0n) is 21.7. The third kappa shape index (κ3) is 6.85. The molecule has 14 heteroatoms. The summed E-state index contributed by atoms with van der Waals surface area (Å²) in [7, 11) is -4.52. The molecule has 4 rings (SSSR count). The molecule has 0 spiro atoms. The molecule has 3 aromatic carbocycles. The average molecular weight is 591 g/mol. The number of rotatable bonds is 4. The molecule has 0 saturated carbocycles. The number of hydrogen-bond acceptors (Lipinski definition) is 5. The fourth-order valence-corrected chi connectivity index (χ4v) is 5.01. The maximum absolute atomic E-state index is 13.3. The number of guanidine groups is 2. The van der Waals surface area contributed by atoms with Crippen LogP contribution in [0.25, 0.3) is 0 Å². The van der Waals surface area contributed by atoms with Crippen LogP contribution in [0.15, 0.2) is 93.9 Å². The Morgan fingerprint density at radius 2 is 1.75 bits per heavy atom. The van der Waals surface area contributed by atoms with Crippen LogP contribution in [-0.2, 0) is 21.0 Å². The van der Waals surface area contributed by atoms with Crippen molar-refractivity contribution in [2.45, 2.75) is 23.9 Å². The van der Waals surface area contributed by atoms with Gasteiger partial charge in [-0.3, -0.25) is 15.5 Å². The number of hydrazone groups is 1. The first-order valence-corrected chi connectivity index (χ1v) is 13.5. The van der Waals surface area contributed by atoms with Gasteiger partial charge >= 0.3 is 6.18 Å². The van der Waals surface area contributed by atoms with E-state index >= 15 is 0 Å². The van der Waals surface area contributed by atoms with Gasteiger partial charge in [0.25, 0.3) is 10.0 Å². The third-order valence-corrected chi connectivity index (χ3v) is 7.31. The topological polar surface area (TPSA) is 127 Å². The number of carbonyl (C=O) groups excluding carboxylic acids is 1. The Balaban J connectivity index is 1.78. The highest BCUT2D eigenvalue weighted by Gasteiger charge is 2.34. The van der Waals surface area contributed by atoms with Gasteiger partial charge in [0.15, 0.2) is 1.41 Å². The van der Waals surface area contributed by atoms with Crippen LogP contribution in [0.1, 0.15) is 29.5 Å². The third-order valence-electron chi connectivity index (χ3n) is 5.72. The molecule has 0 radical (unpaired) electrons. The van der Waals surface area contributed by atoms with Gasteiger partial charge in [0.1, 0.15) is 0 Å². The fraction of sp³-hybridized carbons (Fsp3) is 0.154. The van der Waals surface area contributed by atoms with Crippen LogP contribution in [0.3, 0.4) is 0 Å². The molecule has 0 saturated heterocycles. The van der Waals surface area contributed by atoms with Gasteiger partial charge in [-0.25, -0.2) is 18.1 Å². The first-order chi connectivity index (χ1) is 19.4. The van der Waals surface area contributed by atoms with Crippen molar-refractivity contribution >= 4 is 45.2 Å². The van der Waals surface area contributed by atoms with Crippen LogP contribution in [0, 0.1) is 5.40 Å². The van der Waals surface area contributed by atoms with Gasteiger partial charge in [-0.2, -0.15) is 23.3 Å². The average Bonchev–Trinajstić information content (AvgIpc) is 3.38. The number of amides is 1. The van der Waals surface area contributed by atoms with Crippen LogP contribution >= 0.6 is 11.6 Å². The summed E-state index contributed by atoms with van der Waals surface area (Å²) in [5.74, 6) is -2.00. The molecule has 0 aliphatic carbocycles. The molecule has 0 bridgehead atoms. The largest absolute Gasteiger partial charge is 0.416 e. The number of benzene rings is 3. The van der Waals surface area contributed by atoms with Gasteiger partial charge in [-0.05, 0) is 47.5 Å². The van der Waals surface area contributed by atoms with Crippen LogP contribution in [0.5, 0.6) is 0 Å². The van der Waals surface area contributed by atoms with E-state index in [0.29, 0.717) is 28.4 Å². The molecule has 3 aromatic rings. The maximum atomic E-state index is 13.3. The Morgan fingerprint density at radius 1 is 1.10 bits per heavy atom. The van der Waals surface area contributed by atoms with E-state index in [1.807, 2.05) is 30.3 Å². The molecule has 9 nitrogen and oxygen atoms in total. The minimum atomic E-state index is -4.66. The number of sulfonamides is 1. The van der Waals surface area contributed by atoms with E-state index in [4.69, 9.17) is 13.0 Å². The van der Waals surface area contributed by atoms with E-state index < -0.39 is 44.5 Å². The maximum Gasteiger partial charge on any atom is 0.416 e. The molecule has 1 aliphatic rings. The Labute approximate surface area is 234 Å². The monoisotopic (exact) mass is 590 g/mol. The first-order valence-electron chi connectivity index (χ1n) is 12.1. The molecule has 0 fully saturated rings. The molecular formula is C26H22ClF3N6O3S. The molecule has 1 amide bonds. The summed E-state index contributed by atoms with van der Waals surface area (Å²) in [5.41, 5.74) is 1.05. The van der Waals surface area contributed by atoms with Gasteiger partial charge in [-0.15, -0.1) is 0 Å². The summed E-state index contributed by atoms with van der Waals surface area (Å²) >= 11 is 6.06. The summed E-state index contributed by atoms with van der Waals surface area (Å²) in [6, 6.07) is 19.0. The predicted octanol–water partition coefficient (Wildman–Crippen LogP) is 4.57. The second-order valence-corrected chi connectivity index (χ2v) is 10.7. The summed E-state index contributed by atoms with van der Waals surface area (Å²) < 4.78 is 75.2. The molecule has 0 unspecified atom stereocenters. The van der Waals surface area contributed by atoms with Crippen LogP contribution in [0.4, 0.5) is 13.2 Å². The fourth-order valence-electron chi connectivity index (χ4n) is 3.88. The minimum Gasteiger partial charge on any atom is -0.295 e. The van der Waals surface area contributed by atoms with E-state index in [1.165, 1.54) is 5.01 Å². The van der Waals surface area contributed by atoms with Gasteiger partial charge in [0, 0.05) is 17.9 Å². The molecular weight excluding hydrogens is 569 g/mol. The normalized spacial score (nSPS) is 16.8. The Kier molecular flexibility index (Phi) is 7.85. The van der Waals surface area contributed by atoms with Crippen LogP contribution in [0.2, 0.25) is 6.43 Å². The molecule has 208 valence electrons. The van der Waals surface area contributed by atoms with Crippen LogP contribution in [-0.4, -0.2) is 43.5 Å². The summed E-state index contributed by atoms with van der Waals surface area (Å²) in [5, 5.41) is 11.7. The second-order valence-electron chi connectivity index (χ2n) is 8.61. The molecule has 0 aromatic heterocycles. The van der Waals surface area contributed by atoms with Crippen molar-refractivity contribution in [2.24, 2.45) is 10.1 Å². The van der Waals surface area contributed by atoms with Gasteiger partial charge in [0.05, 0.1) is 22.7 Å². The van der Waals surface area contributed by atoms with E-state index in [9.17, 15) is 26.4 Å². The number of alkyl halides is 3. The minimum absolute atomic E-state index is 0.0711. The van der Waals surface area contributed by atoms with E-state index in [1.54, 1.807) is 24.3 Å². The summed E-state index contributed by atoms with van der Waals surface area (Å²) in [4.78, 5) is 15.2. The van der Waals surface area contributed by atoms with Crippen molar-refractivity contribution in [1.82, 2.24) is 15.0 Å².